The van der Waals surface area contributed by atoms with E-state index in [2.05, 4.69) is 48.7 Å². The van der Waals surface area contributed by atoms with Crippen molar-refractivity contribution in [2.75, 3.05) is 58.8 Å². The summed E-state index contributed by atoms with van der Waals surface area (Å²) in [6.45, 7) is 11.3. The van der Waals surface area contributed by atoms with Gasteiger partial charge < -0.3 is 31.3 Å². The van der Waals surface area contributed by atoms with E-state index < -0.39 is 28.9 Å². The van der Waals surface area contributed by atoms with Crippen LogP contribution < -0.4 is 47.5 Å². The van der Waals surface area contributed by atoms with Crippen LogP contribution in [0.3, 0.4) is 0 Å². The maximum absolute atomic E-state index is 15.5. The topological polar surface area (TPSA) is 204 Å². The van der Waals surface area contributed by atoms with Crippen molar-refractivity contribution in [2.45, 2.75) is 59.2 Å². The van der Waals surface area contributed by atoms with Gasteiger partial charge in [-0.25, -0.2) is 4.39 Å². The summed E-state index contributed by atoms with van der Waals surface area (Å²) in [6, 6.07) is 14.4. The SMILES string of the molecule is Cc1ncc(NC(=O)c2cccc(C(C)(C)C#N)c2)cc1N1C=C(c2cnn(CCc3ncc(NC(=O)c4cc(N5CCN(C)CC5)c(F)c(C(F)(F)F)c4)cc3N3C=C(c4cnn(C)c4C)NN3)c2C)NN1. The van der Waals surface area contributed by atoms with Gasteiger partial charge in [0.1, 0.15) is 0 Å². The Morgan fingerprint density at radius 2 is 1.37 bits per heavy atom. The monoisotopic (exact) mass is 999 g/mol. The molecule has 1 saturated heterocycles. The van der Waals surface area contributed by atoms with Crippen LogP contribution in [0.15, 0.2) is 85.7 Å². The number of pyridine rings is 2. The van der Waals surface area contributed by atoms with E-state index in [-0.39, 0.29) is 22.8 Å². The lowest BCUT2D eigenvalue weighted by Gasteiger charge is -2.34. The summed E-state index contributed by atoms with van der Waals surface area (Å²) in [7, 11) is 3.71. The summed E-state index contributed by atoms with van der Waals surface area (Å²) in [5.41, 5.74) is 18.7. The molecule has 19 nitrogen and oxygen atoms in total. The highest BCUT2D eigenvalue weighted by molar-refractivity contribution is 6.06. The maximum atomic E-state index is 15.5. The Bertz CT molecular complexity index is 3240. The van der Waals surface area contributed by atoms with Crippen molar-refractivity contribution in [2.24, 2.45) is 7.05 Å². The Morgan fingerprint density at radius 3 is 2.01 bits per heavy atom. The standard InChI is InChI=1S/C50H53F4N17O2/c1-29-43(20-35(22-56-29)60-47(72)32-9-8-10-34(17-32)49(4,5)28-55)70-26-42(63-64-70)38-25-59-69(31(38)3)12-11-40-44(71-27-41(62-65-71)37-24-58-67(7)30(37)2)21-36(23-57-40)61-48(73)33-18-39(50(52,53)54)46(51)45(19-33)68-15-13-66(6)14-16-68/h8-10,17-27,62-65H,11-16H2,1-7H3,(H,60,72)(H,61,73). The number of nitrogens with one attached hydrogen (secondary N) is 6. The van der Waals surface area contributed by atoms with Gasteiger partial charge >= 0.3 is 6.18 Å². The molecule has 0 radical (unpaired) electrons. The number of aromatic nitrogens is 6. The smallest absolute Gasteiger partial charge is 0.367 e. The zero-order valence-corrected chi connectivity index (χ0v) is 41.1. The molecule has 73 heavy (non-hydrogen) atoms. The zero-order chi connectivity index (χ0) is 51.9. The quantitative estimate of drug-likeness (QED) is 0.0689. The minimum Gasteiger partial charge on any atom is -0.367 e. The Balaban J connectivity index is 0.944. The Hall–Kier alpha value is -8.33. The number of likely N-dealkylation sites (N-methyl/N-ethyl adjacent to an activating group) is 1. The third-order valence-electron chi connectivity index (χ3n) is 13.3. The second-order valence-corrected chi connectivity index (χ2v) is 18.6. The van der Waals surface area contributed by atoms with E-state index in [9.17, 15) is 28.0 Å². The molecule has 0 unspecified atom stereocenters. The van der Waals surface area contributed by atoms with E-state index in [1.165, 1.54) is 11.1 Å². The van der Waals surface area contributed by atoms with Gasteiger partial charge in [-0.2, -0.15) is 28.6 Å². The minimum absolute atomic E-state index is 0.183. The van der Waals surface area contributed by atoms with E-state index in [0.29, 0.717) is 90.6 Å². The lowest BCUT2D eigenvalue weighted by Crippen LogP contribution is -2.45. The van der Waals surface area contributed by atoms with Gasteiger partial charge in [0.25, 0.3) is 11.8 Å². The van der Waals surface area contributed by atoms with Crippen molar-refractivity contribution >= 4 is 51.6 Å². The van der Waals surface area contributed by atoms with Crippen molar-refractivity contribution in [3.8, 4) is 6.07 Å². The molecular formula is C50H53F4N17O2. The number of aryl methyl sites for hydroxylation is 4. The Morgan fingerprint density at radius 1 is 0.753 bits per heavy atom. The van der Waals surface area contributed by atoms with Crippen molar-refractivity contribution in [1.82, 2.24) is 56.4 Å². The number of nitrogens with zero attached hydrogens (tertiary/aromatic N) is 11. The van der Waals surface area contributed by atoms with Gasteiger partial charge in [0.2, 0.25) is 0 Å². The van der Waals surface area contributed by atoms with Gasteiger partial charge in [-0.3, -0.25) is 38.9 Å². The minimum atomic E-state index is -5.04. The van der Waals surface area contributed by atoms with Crippen molar-refractivity contribution < 1.29 is 27.2 Å². The zero-order valence-electron chi connectivity index (χ0n) is 41.1. The Kier molecular flexibility index (Phi) is 13.4. The molecule has 2 aromatic carbocycles. The fourth-order valence-corrected chi connectivity index (χ4v) is 8.60. The molecule has 6 N–H and O–H groups in total. The average molecular weight is 1000 g/mol. The number of rotatable bonds is 13. The number of carbonyl (C=O) groups is 2. The molecule has 2 amide bonds. The largest absolute Gasteiger partial charge is 0.419 e. The predicted octanol–water partition coefficient (Wildman–Crippen LogP) is 6.45. The van der Waals surface area contributed by atoms with Gasteiger partial charge in [0.15, 0.2) is 5.82 Å². The number of piperazine rings is 1. The number of hydrogen-bond donors (Lipinski definition) is 6. The van der Waals surface area contributed by atoms with Crippen molar-refractivity contribution in [1.29, 1.82) is 5.26 Å². The fraction of sp³-hybridized carbons (Fsp3) is 0.300. The highest BCUT2D eigenvalue weighted by Gasteiger charge is 2.38. The van der Waals surface area contributed by atoms with Crippen LogP contribution >= 0.6 is 0 Å². The summed E-state index contributed by atoms with van der Waals surface area (Å²) in [6.07, 6.45) is 5.43. The number of halogens is 4. The van der Waals surface area contributed by atoms with Crippen LogP contribution in [0, 0.1) is 37.9 Å². The molecule has 3 aliphatic rings. The van der Waals surface area contributed by atoms with Crippen LogP contribution in [0.1, 0.15) is 79.6 Å². The van der Waals surface area contributed by atoms with Crippen LogP contribution in [0.5, 0.6) is 0 Å². The van der Waals surface area contributed by atoms with E-state index in [1.807, 2.05) is 56.7 Å². The van der Waals surface area contributed by atoms with Gasteiger partial charge in [-0.15, -0.1) is 11.1 Å². The van der Waals surface area contributed by atoms with E-state index in [4.69, 9.17) is 10.1 Å². The molecule has 9 rings (SSSR count). The summed E-state index contributed by atoms with van der Waals surface area (Å²) in [5.74, 6) is -2.64. The van der Waals surface area contributed by atoms with Crippen LogP contribution in [0.2, 0.25) is 0 Å². The lowest BCUT2D eigenvalue weighted by atomic mass is 9.85. The first-order chi connectivity index (χ1) is 34.8. The first-order valence-electron chi connectivity index (χ1n) is 23.3. The second kappa shape index (κ2) is 19.7. The van der Waals surface area contributed by atoms with E-state index in [1.54, 1.807) is 83.7 Å². The molecule has 3 aliphatic heterocycles. The summed E-state index contributed by atoms with van der Waals surface area (Å²) < 4.78 is 61.7. The molecule has 6 aromatic rings. The van der Waals surface area contributed by atoms with Gasteiger partial charge in [0.05, 0.1) is 93.1 Å². The number of benzene rings is 2. The molecule has 23 heteroatoms. The molecule has 378 valence electrons. The predicted molar refractivity (Wildman–Crippen MR) is 267 cm³/mol. The van der Waals surface area contributed by atoms with Crippen molar-refractivity contribution in [3.63, 3.8) is 0 Å². The number of amides is 2. The number of anilines is 5. The molecule has 7 heterocycles. The van der Waals surface area contributed by atoms with Crippen molar-refractivity contribution in [3.05, 3.63) is 148 Å². The first kappa shape index (κ1) is 49.6. The number of nitriles is 1. The number of alkyl halides is 3. The third kappa shape index (κ3) is 10.3. The molecule has 4 aromatic heterocycles. The lowest BCUT2D eigenvalue weighted by molar-refractivity contribution is -0.139. The third-order valence-corrected chi connectivity index (χ3v) is 13.3. The number of carbonyl (C=O) groups excluding carboxylic acids is 2. The van der Waals surface area contributed by atoms with Crippen LogP contribution in [0.4, 0.5) is 46.0 Å². The summed E-state index contributed by atoms with van der Waals surface area (Å²) >= 11 is 0. The van der Waals surface area contributed by atoms with Gasteiger partial charge in [-0.05, 0) is 83.6 Å². The van der Waals surface area contributed by atoms with Gasteiger partial charge in [-0.1, -0.05) is 12.1 Å². The number of hydrogen-bond acceptors (Lipinski definition) is 15. The molecule has 0 saturated carbocycles. The highest BCUT2D eigenvalue weighted by atomic mass is 19.4. The van der Waals surface area contributed by atoms with E-state index in [0.717, 1.165) is 34.1 Å². The first-order valence-corrected chi connectivity index (χ1v) is 23.3. The van der Waals surface area contributed by atoms with E-state index >= 15 is 4.39 Å². The molecular weight excluding hydrogens is 947 g/mol. The summed E-state index contributed by atoms with van der Waals surface area (Å²) in [5, 5.41) is 27.7. The molecule has 0 bridgehead atoms. The normalized spacial score (nSPS) is 15.2. The highest BCUT2D eigenvalue weighted by Crippen LogP contribution is 2.38. The van der Waals surface area contributed by atoms with Gasteiger partial charge in [0, 0.05) is 92.2 Å². The molecule has 0 atom stereocenters. The summed E-state index contributed by atoms with van der Waals surface area (Å²) in [4.78, 5) is 40.0. The number of hydrazine groups is 4. The second-order valence-electron chi connectivity index (χ2n) is 18.6. The molecule has 0 aliphatic carbocycles. The maximum Gasteiger partial charge on any atom is 0.419 e. The van der Waals surface area contributed by atoms with Crippen LogP contribution in [0.25, 0.3) is 11.4 Å². The Labute approximate surface area is 418 Å². The fourth-order valence-electron chi connectivity index (χ4n) is 8.60. The van der Waals surface area contributed by atoms with Crippen LogP contribution in [-0.2, 0) is 31.6 Å². The van der Waals surface area contributed by atoms with Crippen LogP contribution in [-0.4, -0.2) is 79.5 Å². The average Bonchev–Trinajstić information content (AvgIpc) is 4.20. The molecule has 0 spiro atoms. The molecule has 1 fully saturated rings.